The lowest BCUT2D eigenvalue weighted by Crippen LogP contribution is -2.55. The number of hydrogen-bond donors (Lipinski definition) is 0. The minimum atomic E-state index is 0.215. The maximum absolute atomic E-state index is 13.2. The summed E-state index contributed by atoms with van der Waals surface area (Å²) in [6.45, 7) is 7.47. The van der Waals surface area contributed by atoms with Gasteiger partial charge in [-0.15, -0.1) is 0 Å². The molecule has 3 saturated carbocycles. The third-order valence-electron chi connectivity index (χ3n) is 10.1. The van der Waals surface area contributed by atoms with Gasteiger partial charge in [-0.25, -0.2) is 0 Å². The van der Waals surface area contributed by atoms with Gasteiger partial charge in [0.25, 0.3) is 0 Å². The van der Waals surface area contributed by atoms with Gasteiger partial charge in [-0.1, -0.05) is 75.4 Å². The van der Waals surface area contributed by atoms with E-state index in [0.29, 0.717) is 23.0 Å². The Kier molecular flexibility index (Phi) is 5.07. The fourth-order valence-electron chi connectivity index (χ4n) is 8.52. The Bertz CT molecular complexity index is 850. The van der Waals surface area contributed by atoms with E-state index < -0.39 is 0 Å². The van der Waals surface area contributed by atoms with Crippen LogP contribution in [-0.4, -0.2) is 5.78 Å². The third kappa shape index (κ3) is 3.07. The van der Waals surface area contributed by atoms with Crippen molar-refractivity contribution >= 4 is 11.9 Å². The molecule has 1 heteroatoms. The van der Waals surface area contributed by atoms with Crippen LogP contribution in [0.25, 0.3) is 6.08 Å². The zero-order valence-electron chi connectivity index (χ0n) is 19.0. The van der Waals surface area contributed by atoms with Crippen molar-refractivity contribution in [2.75, 3.05) is 0 Å². The quantitative estimate of drug-likeness (QED) is 0.483. The number of fused-ring (bicyclic) bond motifs is 5. The van der Waals surface area contributed by atoms with Crippen molar-refractivity contribution in [2.45, 2.75) is 65.7 Å². The van der Waals surface area contributed by atoms with Crippen molar-refractivity contribution in [3.05, 3.63) is 54.1 Å². The second-order valence-electron chi connectivity index (χ2n) is 11.4. The van der Waals surface area contributed by atoms with Crippen molar-refractivity contribution in [3.63, 3.8) is 0 Å². The van der Waals surface area contributed by atoms with Gasteiger partial charge in [0.05, 0.1) is 0 Å². The van der Waals surface area contributed by atoms with Crippen molar-refractivity contribution in [1.29, 1.82) is 0 Å². The summed E-state index contributed by atoms with van der Waals surface area (Å²) < 4.78 is 0. The molecule has 0 radical (unpaired) electrons. The van der Waals surface area contributed by atoms with Crippen LogP contribution in [0.4, 0.5) is 0 Å². The topological polar surface area (TPSA) is 17.1 Å². The van der Waals surface area contributed by atoms with E-state index in [4.69, 9.17) is 0 Å². The first-order valence-electron chi connectivity index (χ1n) is 12.3. The van der Waals surface area contributed by atoms with Crippen LogP contribution in [0.15, 0.2) is 48.6 Å². The SMILES string of the molecule is C[C@H](/C=C/c1ccccc1)[C@H]1CC[C@H]2[C@@H]3CC(=O)[C@H]4CC=CC[C@]4(C)[C@H]3CC[C@]12C. The van der Waals surface area contributed by atoms with Crippen LogP contribution in [0.3, 0.4) is 0 Å². The zero-order valence-corrected chi connectivity index (χ0v) is 19.0. The van der Waals surface area contributed by atoms with Gasteiger partial charge in [0.2, 0.25) is 0 Å². The molecule has 1 nitrogen and oxygen atoms in total. The van der Waals surface area contributed by atoms with Crippen LogP contribution in [0.2, 0.25) is 0 Å². The lowest BCUT2D eigenvalue weighted by Gasteiger charge is -2.59. The summed E-state index contributed by atoms with van der Waals surface area (Å²) in [5.74, 6) is 4.32. The second-order valence-corrected chi connectivity index (χ2v) is 11.4. The van der Waals surface area contributed by atoms with Crippen LogP contribution < -0.4 is 0 Å². The number of hydrogen-bond acceptors (Lipinski definition) is 1. The predicted molar refractivity (Wildman–Crippen MR) is 125 cm³/mol. The standard InChI is InChI=1S/C29H38O/c1-20(12-13-21-9-5-4-6-10-21)23-14-15-24-22-19-27(30)26-11-7-8-17-28(26,2)25(22)16-18-29(23,24)3/h4-10,12-13,20,22-26H,11,14-19H2,1-3H3/b13-12+/t20-,22+,23-,24+,25+,26-,28-,29-/m1/s1. The van der Waals surface area contributed by atoms with E-state index in [0.717, 1.165) is 37.0 Å². The van der Waals surface area contributed by atoms with Crippen molar-refractivity contribution in [2.24, 2.45) is 46.3 Å². The molecule has 160 valence electrons. The highest BCUT2D eigenvalue weighted by Crippen LogP contribution is 2.67. The average Bonchev–Trinajstić information content (AvgIpc) is 3.10. The number of carbonyl (C=O) groups excluding carboxylic acids is 1. The summed E-state index contributed by atoms with van der Waals surface area (Å²) in [5, 5.41) is 0. The van der Waals surface area contributed by atoms with E-state index >= 15 is 0 Å². The first-order chi connectivity index (χ1) is 14.4. The van der Waals surface area contributed by atoms with Crippen LogP contribution in [0.1, 0.15) is 71.3 Å². The molecule has 30 heavy (non-hydrogen) atoms. The Morgan fingerprint density at radius 2 is 1.77 bits per heavy atom. The first kappa shape index (κ1) is 20.3. The lowest BCUT2D eigenvalue weighted by atomic mass is 9.45. The van der Waals surface area contributed by atoms with Crippen molar-refractivity contribution in [1.82, 2.24) is 0 Å². The predicted octanol–water partition coefficient (Wildman–Crippen LogP) is 7.34. The highest BCUT2D eigenvalue weighted by Gasteiger charge is 2.61. The van der Waals surface area contributed by atoms with Gasteiger partial charge in [-0.2, -0.15) is 0 Å². The van der Waals surface area contributed by atoms with E-state index in [9.17, 15) is 4.79 Å². The van der Waals surface area contributed by atoms with Crippen LogP contribution in [0, 0.1) is 46.3 Å². The molecule has 0 saturated heterocycles. The summed E-state index contributed by atoms with van der Waals surface area (Å²) >= 11 is 0. The Labute approximate surface area is 183 Å². The minimum absolute atomic E-state index is 0.215. The van der Waals surface area contributed by atoms with E-state index in [-0.39, 0.29) is 11.3 Å². The van der Waals surface area contributed by atoms with Crippen LogP contribution >= 0.6 is 0 Å². The summed E-state index contributed by atoms with van der Waals surface area (Å²) in [5.41, 5.74) is 1.91. The number of benzene rings is 1. The van der Waals surface area contributed by atoms with Gasteiger partial charge in [0.1, 0.15) is 5.78 Å². The molecule has 0 aromatic heterocycles. The van der Waals surface area contributed by atoms with E-state index in [1.165, 1.54) is 31.2 Å². The molecule has 4 aliphatic rings. The second kappa shape index (κ2) is 7.50. The minimum Gasteiger partial charge on any atom is -0.299 e. The molecule has 0 amide bonds. The largest absolute Gasteiger partial charge is 0.299 e. The molecule has 0 aliphatic heterocycles. The first-order valence-corrected chi connectivity index (χ1v) is 12.3. The van der Waals surface area contributed by atoms with Gasteiger partial charge >= 0.3 is 0 Å². The Morgan fingerprint density at radius 1 is 1.00 bits per heavy atom. The van der Waals surface area contributed by atoms with Gasteiger partial charge in [-0.3, -0.25) is 4.79 Å². The van der Waals surface area contributed by atoms with Crippen molar-refractivity contribution < 1.29 is 4.79 Å². The van der Waals surface area contributed by atoms with Gasteiger partial charge in [0, 0.05) is 12.3 Å². The fraction of sp³-hybridized carbons (Fsp3) is 0.621. The molecule has 1 aromatic rings. The summed E-state index contributed by atoms with van der Waals surface area (Å²) in [6, 6.07) is 10.7. The summed E-state index contributed by atoms with van der Waals surface area (Å²) in [4.78, 5) is 13.2. The lowest BCUT2D eigenvalue weighted by molar-refractivity contribution is -0.149. The molecular formula is C29H38O. The van der Waals surface area contributed by atoms with Crippen LogP contribution in [0.5, 0.6) is 0 Å². The molecule has 4 aliphatic carbocycles. The fourth-order valence-corrected chi connectivity index (χ4v) is 8.52. The molecular weight excluding hydrogens is 364 g/mol. The number of rotatable bonds is 3. The van der Waals surface area contributed by atoms with Gasteiger partial charge in [-0.05, 0) is 84.5 Å². The highest BCUT2D eigenvalue weighted by molar-refractivity contribution is 5.83. The maximum atomic E-state index is 13.2. The van der Waals surface area contributed by atoms with Gasteiger partial charge in [0.15, 0.2) is 0 Å². The monoisotopic (exact) mass is 402 g/mol. The number of ketones is 1. The molecule has 0 bridgehead atoms. The number of carbonyl (C=O) groups is 1. The van der Waals surface area contributed by atoms with Gasteiger partial charge < -0.3 is 0 Å². The normalized spacial score (nSPS) is 43.8. The molecule has 1 aromatic carbocycles. The van der Waals surface area contributed by atoms with Crippen molar-refractivity contribution in [3.8, 4) is 0 Å². The average molecular weight is 403 g/mol. The zero-order chi connectivity index (χ0) is 20.9. The smallest absolute Gasteiger partial charge is 0.137 e. The highest BCUT2D eigenvalue weighted by atomic mass is 16.1. The molecule has 0 N–H and O–H groups in total. The molecule has 3 fully saturated rings. The number of allylic oxidation sites excluding steroid dienone is 3. The third-order valence-corrected chi connectivity index (χ3v) is 10.1. The molecule has 0 spiro atoms. The molecule has 0 heterocycles. The maximum Gasteiger partial charge on any atom is 0.137 e. The summed E-state index contributed by atoms with van der Waals surface area (Å²) in [6.07, 6.45) is 17.7. The summed E-state index contributed by atoms with van der Waals surface area (Å²) in [7, 11) is 0. The number of Topliss-reactive ketones (excluding diaryl/α,β-unsaturated/α-hetero) is 1. The molecule has 5 rings (SSSR count). The Hall–Kier alpha value is -1.63. The van der Waals surface area contributed by atoms with Crippen LogP contribution in [-0.2, 0) is 4.79 Å². The Balaban J connectivity index is 1.38. The van der Waals surface area contributed by atoms with E-state index in [1.807, 2.05) is 0 Å². The molecule has 8 atom stereocenters. The van der Waals surface area contributed by atoms with E-state index in [2.05, 4.69) is 75.4 Å². The molecule has 0 unspecified atom stereocenters. The Morgan fingerprint density at radius 3 is 2.57 bits per heavy atom. The van der Waals surface area contributed by atoms with E-state index in [1.54, 1.807) is 0 Å².